The number of pyridine rings is 7. The number of halogens is 2. The number of benzene rings is 1. The number of anilines is 7. The number of fused-ring (bicyclic) bond motifs is 11. The molecule has 3 aliphatic carbocycles. The maximum Gasteiger partial charge on any atom is 0.488 e. The van der Waals surface area contributed by atoms with Gasteiger partial charge in [0.25, 0.3) is 34.4 Å². The van der Waals surface area contributed by atoms with Gasteiger partial charge in [0.1, 0.15) is 46.0 Å². The molecule has 15 heterocycles. The van der Waals surface area contributed by atoms with Crippen molar-refractivity contribution in [1.82, 2.24) is 47.3 Å². The molecule has 11 aromatic rings. The predicted octanol–water partition coefficient (Wildman–Crippen LogP) is 11.6. The molecule has 596 valence electrons. The Morgan fingerprint density at radius 1 is 0.491 bits per heavy atom. The summed E-state index contributed by atoms with van der Waals surface area (Å²) in [5, 5.41) is 22.5. The highest BCUT2D eigenvalue weighted by molar-refractivity contribution is 14.1. The monoisotopic (exact) mass is 1730 g/mol. The molecule has 3 amide bonds. The average molecular weight is 1740 g/mol. The third-order valence-corrected chi connectivity index (χ3v) is 24.2. The van der Waals surface area contributed by atoms with Crippen LogP contribution in [0.2, 0.25) is 0 Å². The van der Waals surface area contributed by atoms with E-state index in [1.165, 1.54) is 88.6 Å². The highest BCUT2D eigenvalue weighted by Crippen LogP contribution is 2.39. The number of nitrogens with two attached hydrogens (primary N) is 2. The fraction of sp³-hybridized carbons (Fsp3) is 0.333. The summed E-state index contributed by atoms with van der Waals surface area (Å²) >= 11 is 5.32. The third kappa shape index (κ3) is 15.9. The lowest BCUT2D eigenvalue weighted by atomic mass is 9.77. The van der Waals surface area contributed by atoms with Gasteiger partial charge >= 0.3 is 7.12 Å². The van der Waals surface area contributed by atoms with Gasteiger partial charge in [0.05, 0.1) is 15.8 Å². The van der Waals surface area contributed by atoms with Crippen LogP contribution < -0.4 is 53.6 Å². The van der Waals surface area contributed by atoms with Crippen LogP contribution >= 0.6 is 38.5 Å². The molecular weight excluding hydrogens is 1640 g/mol. The maximum absolute atomic E-state index is 13.8. The highest BCUT2D eigenvalue weighted by Gasteiger charge is 2.37. The van der Waals surface area contributed by atoms with E-state index < -0.39 is 7.12 Å². The van der Waals surface area contributed by atoms with Gasteiger partial charge in [-0.15, -0.1) is 0 Å². The summed E-state index contributed by atoms with van der Waals surface area (Å²) in [7, 11) is 3.63. The minimum atomic E-state index is -1.56. The van der Waals surface area contributed by atoms with Gasteiger partial charge in [0.2, 0.25) is 0 Å². The van der Waals surface area contributed by atoms with Crippen molar-refractivity contribution in [3.05, 3.63) is 240 Å². The second kappa shape index (κ2) is 34.3. The Kier molecular flexibility index (Phi) is 23.7. The van der Waals surface area contributed by atoms with Crippen molar-refractivity contribution in [2.24, 2.45) is 31.1 Å². The summed E-state index contributed by atoms with van der Waals surface area (Å²) < 4.78 is 12.9. The number of nitrogen functional groups attached to an aromatic ring is 2. The van der Waals surface area contributed by atoms with Crippen molar-refractivity contribution in [3.63, 3.8) is 0 Å². The first-order valence-corrected chi connectivity index (χ1v) is 41.8. The van der Waals surface area contributed by atoms with Crippen LogP contribution in [-0.2, 0) is 111 Å². The van der Waals surface area contributed by atoms with Crippen LogP contribution in [0.25, 0.3) is 22.3 Å². The number of hydrogen-bond acceptors (Lipinski definition) is 17. The molecular formula is C87H93BBrIN18O8. The average Bonchev–Trinajstić information content (AvgIpc) is 1.57. The van der Waals surface area contributed by atoms with Gasteiger partial charge in [-0.3, -0.25) is 48.5 Å². The SMILES string of the molecule is CCc1c(-c2cc(N)c(=O)n(C)c2)ccnc1N1CCn2c(cc3c2CCCC3)C1=O.CCc1c(-c2cc(Nc3ccc4c(c3)N=CC4)c(=O)n(C)c2)ccnc1N1CCn2c(cc3c2CCCC3)C1=O.CCc1c(B(O)O)ccnc1N1CCn2c(cc3c2CCCC3)C1=O.Cn1cc(I)cc(Br)c1=O.Nc1ccc2c(n1)N=CC2. The summed E-state index contributed by atoms with van der Waals surface area (Å²) in [4.78, 5) is 108. The molecule has 0 bridgehead atoms. The van der Waals surface area contributed by atoms with E-state index in [0.29, 0.717) is 77.8 Å². The molecule has 0 atom stereocenters. The first-order valence-electron chi connectivity index (χ1n) is 39.9. The molecule has 19 rings (SSSR count). The largest absolute Gasteiger partial charge is 0.488 e. The van der Waals surface area contributed by atoms with E-state index in [2.05, 4.69) is 108 Å². The van der Waals surface area contributed by atoms with Crippen LogP contribution in [0.15, 0.2) is 151 Å². The summed E-state index contributed by atoms with van der Waals surface area (Å²) in [6.45, 7) is 10.2. The molecule has 0 fully saturated rings. The van der Waals surface area contributed by atoms with E-state index in [1.807, 2.05) is 83.9 Å². The van der Waals surface area contributed by atoms with Gasteiger partial charge in [0.15, 0.2) is 5.82 Å². The Balaban J connectivity index is 0.000000124. The molecule has 10 aromatic heterocycles. The second-order valence-corrected chi connectivity index (χ2v) is 32.3. The smallest absolute Gasteiger partial charge is 0.423 e. The van der Waals surface area contributed by atoms with Gasteiger partial charge in [-0.1, -0.05) is 32.9 Å². The lowest BCUT2D eigenvalue weighted by Crippen LogP contribution is -2.43. The van der Waals surface area contributed by atoms with Crippen LogP contribution in [0.1, 0.15) is 152 Å². The molecule has 7 N–H and O–H groups in total. The first kappa shape index (κ1) is 80.1. The Labute approximate surface area is 694 Å². The maximum atomic E-state index is 13.8. The zero-order chi connectivity index (χ0) is 81.3. The van der Waals surface area contributed by atoms with Gasteiger partial charge in [-0.25, -0.2) is 24.9 Å². The standard InChI is InChI=1S/C32H32N6O2.C24H27N5O2.C18H22BN3O3.C7H7N3.C6H5BrINO/c1-3-24-25(22-16-27(31(39)36(2)19-22)35-23-9-8-20-10-12-33-26(20)18-23)11-13-34-30(24)38-15-14-37-28-7-5-4-6-21(28)17-29(37)32(38)40;1-3-17-18(16-12-19(25)23(30)27(2)14-16)8-9-26-22(17)29-11-10-28-20-7-5-4-6-15(20)13-21(28)24(29)31;1-2-13-14(19(24)25)7-8-20-17(13)22-10-9-21-15-6-4-3-5-12(15)11-16(21)18(22)23;8-6-2-1-5-3-4-9-7(5)10-6;1-9-3-4(8)2-5(7)6(9)10/h8-9,11-13,16-19,35H,3-7,10,14-15H2,1-2H3;8-9,12-14H,3-7,10-11,25H2,1-2H3;7-8,11,24-25H,2-6,9-10H2,1H3;1-2,4H,3H2,(H2,8,10);2-3H,1H3. The van der Waals surface area contributed by atoms with E-state index >= 15 is 0 Å². The molecule has 0 radical (unpaired) electrons. The van der Waals surface area contributed by atoms with Crippen molar-refractivity contribution in [2.45, 2.75) is 150 Å². The van der Waals surface area contributed by atoms with Gasteiger partial charge in [-0.05, 0) is 252 Å². The molecule has 0 spiro atoms. The van der Waals surface area contributed by atoms with Crippen LogP contribution in [0.3, 0.4) is 0 Å². The molecule has 29 heteroatoms. The number of aromatic nitrogens is 10. The molecule has 0 saturated heterocycles. The van der Waals surface area contributed by atoms with Crippen molar-refractivity contribution in [2.75, 3.05) is 51.1 Å². The first-order chi connectivity index (χ1) is 56.1. The molecule has 1 aromatic carbocycles. The lowest BCUT2D eigenvalue weighted by molar-refractivity contribution is 0.0956. The number of nitrogens with zero attached hydrogens (tertiary/aromatic N) is 15. The van der Waals surface area contributed by atoms with E-state index in [4.69, 9.17) is 16.5 Å². The quantitative estimate of drug-likeness (QED) is 0.0594. The van der Waals surface area contributed by atoms with Crippen LogP contribution in [0.5, 0.6) is 0 Å². The fourth-order valence-electron chi connectivity index (χ4n) is 17.3. The third-order valence-electron chi connectivity index (χ3n) is 23.0. The molecule has 5 aliphatic heterocycles. The van der Waals surface area contributed by atoms with Crippen LogP contribution in [0.4, 0.5) is 51.8 Å². The minimum absolute atomic E-state index is 0.000385. The topological polar surface area (TPSA) is 323 Å². The van der Waals surface area contributed by atoms with Gasteiger partial charge in [0, 0.05) is 177 Å². The molecule has 26 nitrogen and oxygen atoms in total. The predicted molar refractivity (Wildman–Crippen MR) is 469 cm³/mol. The van der Waals surface area contributed by atoms with Crippen LogP contribution in [-0.4, -0.2) is 114 Å². The summed E-state index contributed by atoms with van der Waals surface area (Å²) in [5.41, 5.74) is 32.9. The van der Waals surface area contributed by atoms with Crippen molar-refractivity contribution in [1.29, 1.82) is 0 Å². The van der Waals surface area contributed by atoms with Gasteiger partial charge < -0.3 is 54.2 Å². The summed E-state index contributed by atoms with van der Waals surface area (Å²) in [6.07, 6.45) is 31.4. The second-order valence-electron chi connectivity index (χ2n) is 30.2. The fourth-order valence-corrected chi connectivity index (χ4v) is 19.0. The number of aliphatic imine (C=N–C) groups is 2. The van der Waals surface area contributed by atoms with Crippen molar-refractivity contribution >= 4 is 133 Å². The zero-order valence-electron chi connectivity index (χ0n) is 66.0. The summed E-state index contributed by atoms with van der Waals surface area (Å²) in [6, 6.07) is 26.9. The molecule has 0 saturated carbocycles. The number of carbonyl (C=O) groups is 3. The number of hydrogen-bond donors (Lipinski definition) is 5. The molecule has 0 unspecified atom stereocenters. The number of nitrogens with one attached hydrogen (secondary N) is 1. The lowest BCUT2D eigenvalue weighted by Gasteiger charge is -2.31. The number of carbonyl (C=O) groups excluding carboxylic acids is 3. The Morgan fingerprint density at radius 3 is 1.45 bits per heavy atom. The van der Waals surface area contributed by atoms with Crippen molar-refractivity contribution in [3.8, 4) is 22.3 Å². The Morgan fingerprint density at radius 2 is 0.948 bits per heavy atom. The summed E-state index contributed by atoms with van der Waals surface area (Å²) in [5.74, 6) is 3.24. The van der Waals surface area contributed by atoms with E-state index in [9.17, 15) is 38.8 Å². The van der Waals surface area contributed by atoms with Crippen LogP contribution in [0, 0.1) is 3.57 Å². The minimum Gasteiger partial charge on any atom is -0.423 e. The van der Waals surface area contributed by atoms with E-state index in [1.54, 1.807) is 84.2 Å². The Bertz CT molecular complexity index is 5920. The number of aryl methyl sites for hydroxylation is 6. The highest BCUT2D eigenvalue weighted by atomic mass is 127. The molecule has 116 heavy (non-hydrogen) atoms. The van der Waals surface area contributed by atoms with Crippen molar-refractivity contribution < 1.29 is 24.4 Å². The molecule has 8 aliphatic rings. The normalized spacial score (nSPS) is 15.2. The number of rotatable bonds is 11. The number of amides is 3. The zero-order valence-corrected chi connectivity index (χ0v) is 69.7. The Hall–Kier alpha value is -11.1. The van der Waals surface area contributed by atoms with Gasteiger partial charge in [-0.2, -0.15) is 0 Å². The van der Waals surface area contributed by atoms with E-state index in [-0.39, 0.29) is 40.1 Å². The van der Waals surface area contributed by atoms with E-state index in [0.717, 1.165) is 153 Å².